The molecule has 0 saturated heterocycles. The van der Waals surface area contributed by atoms with Crippen LogP contribution in [0.15, 0.2) is 29.4 Å². The lowest BCUT2D eigenvalue weighted by Crippen LogP contribution is -2.37. The predicted octanol–water partition coefficient (Wildman–Crippen LogP) is -0.625. The molecular weight excluding hydrogens is 286 g/mol. The summed E-state index contributed by atoms with van der Waals surface area (Å²) in [6.45, 7) is -0.470. The number of nitrogens with zero attached hydrogens (tertiary/aromatic N) is 1. The van der Waals surface area contributed by atoms with Crippen molar-refractivity contribution in [3.63, 3.8) is 0 Å². The summed E-state index contributed by atoms with van der Waals surface area (Å²) in [5.41, 5.74) is 0.432. The number of carbonyl (C=O) groups is 1. The smallest absolute Gasteiger partial charge is 0.336 e. The number of ether oxygens (including phenoxy) is 1. The van der Waals surface area contributed by atoms with Gasteiger partial charge in [0.1, 0.15) is 10.5 Å². The van der Waals surface area contributed by atoms with Gasteiger partial charge in [-0.05, 0) is 12.1 Å². The molecule has 1 unspecified atom stereocenters. The predicted molar refractivity (Wildman–Crippen MR) is 69.3 cm³/mol. The molecule has 108 valence electrons. The van der Waals surface area contributed by atoms with E-state index in [0.29, 0.717) is 11.0 Å². The number of aromatic nitrogens is 2. The summed E-state index contributed by atoms with van der Waals surface area (Å²) in [4.78, 5) is 17.7. The van der Waals surface area contributed by atoms with Gasteiger partial charge in [0.2, 0.25) is 10.0 Å². The summed E-state index contributed by atoms with van der Waals surface area (Å²) >= 11 is 0. The van der Waals surface area contributed by atoms with Gasteiger partial charge in [0.25, 0.3) is 0 Å². The highest BCUT2D eigenvalue weighted by Crippen LogP contribution is 2.20. The summed E-state index contributed by atoms with van der Waals surface area (Å²) < 4.78 is 30.6. The van der Waals surface area contributed by atoms with Crippen molar-refractivity contribution in [2.45, 2.75) is 11.0 Å². The van der Waals surface area contributed by atoms with Gasteiger partial charge in [-0.15, -0.1) is 0 Å². The number of fused-ring (bicyclic) bond motifs is 1. The Bertz CT molecular complexity index is 724. The Hall–Kier alpha value is -1.97. The van der Waals surface area contributed by atoms with Crippen LogP contribution in [0.3, 0.4) is 0 Å². The summed E-state index contributed by atoms with van der Waals surface area (Å²) in [5.74, 6) is -0.909. The maximum atomic E-state index is 12.1. The maximum Gasteiger partial charge on any atom is 0.336 e. The first-order valence-electron chi connectivity index (χ1n) is 5.63. The lowest BCUT2D eigenvalue weighted by Gasteiger charge is -2.09. The Kier molecular flexibility index (Phi) is 4.02. The van der Waals surface area contributed by atoms with E-state index in [-0.39, 0.29) is 4.90 Å². The lowest BCUT2D eigenvalue weighted by atomic mass is 10.3. The molecule has 0 bridgehead atoms. The van der Waals surface area contributed by atoms with Crippen LogP contribution in [0.1, 0.15) is 0 Å². The third kappa shape index (κ3) is 2.79. The van der Waals surface area contributed by atoms with Crippen molar-refractivity contribution in [3.05, 3.63) is 24.5 Å². The van der Waals surface area contributed by atoms with Gasteiger partial charge in [-0.25, -0.2) is 22.9 Å². The van der Waals surface area contributed by atoms with Crippen LogP contribution in [0.25, 0.3) is 11.0 Å². The summed E-state index contributed by atoms with van der Waals surface area (Å²) in [6.07, 6.45) is 1.27. The minimum absolute atomic E-state index is 0.00216. The van der Waals surface area contributed by atoms with Crippen LogP contribution in [0.5, 0.6) is 0 Å². The molecule has 0 fully saturated rings. The van der Waals surface area contributed by atoms with Crippen LogP contribution < -0.4 is 4.72 Å². The lowest BCUT2D eigenvalue weighted by molar-refractivity contribution is -0.149. The SMILES string of the molecule is COC(=O)C(O)CNS(=O)(=O)c1c[nH]c2ncccc12. The molecule has 0 aliphatic rings. The number of aromatic amines is 1. The number of carbonyl (C=O) groups excluding carboxylic acids is 1. The van der Waals surface area contributed by atoms with Gasteiger partial charge in [0.05, 0.1) is 7.11 Å². The van der Waals surface area contributed by atoms with Crippen LogP contribution in [-0.2, 0) is 19.6 Å². The number of pyridine rings is 1. The Morgan fingerprint density at radius 2 is 2.35 bits per heavy atom. The zero-order chi connectivity index (χ0) is 14.8. The molecule has 0 radical (unpaired) electrons. The van der Waals surface area contributed by atoms with E-state index in [4.69, 9.17) is 0 Å². The Morgan fingerprint density at radius 3 is 3.05 bits per heavy atom. The Morgan fingerprint density at radius 1 is 1.60 bits per heavy atom. The van der Waals surface area contributed by atoms with Crippen LogP contribution in [0, 0.1) is 0 Å². The number of hydrogen-bond donors (Lipinski definition) is 3. The number of methoxy groups -OCH3 is 1. The second-order valence-electron chi connectivity index (χ2n) is 3.94. The van der Waals surface area contributed by atoms with Crippen molar-refractivity contribution < 1.29 is 23.1 Å². The largest absolute Gasteiger partial charge is 0.467 e. The molecule has 20 heavy (non-hydrogen) atoms. The molecule has 2 aromatic rings. The molecule has 3 N–H and O–H groups in total. The van der Waals surface area contributed by atoms with Crippen molar-refractivity contribution in [2.75, 3.05) is 13.7 Å². The molecular formula is C11H13N3O5S. The number of H-pyrrole nitrogens is 1. The number of aliphatic hydroxyl groups is 1. The quantitative estimate of drug-likeness (QED) is 0.632. The van der Waals surface area contributed by atoms with E-state index in [9.17, 15) is 18.3 Å². The average molecular weight is 299 g/mol. The topological polar surface area (TPSA) is 121 Å². The van der Waals surface area contributed by atoms with E-state index in [2.05, 4.69) is 19.4 Å². The third-order valence-corrected chi connectivity index (χ3v) is 4.11. The maximum absolute atomic E-state index is 12.1. The molecule has 2 rings (SSSR count). The molecule has 8 nitrogen and oxygen atoms in total. The molecule has 1 atom stereocenters. The fourth-order valence-electron chi connectivity index (χ4n) is 1.64. The normalized spacial score (nSPS) is 13.3. The van der Waals surface area contributed by atoms with E-state index >= 15 is 0 Å². The number of esters is 1. The Balaban J connectivity index is 2.21. The van der Waals surface area contributed by atoms with Gasteiger partial charge in [-0.1, -0.05) is 0 Å². The van der Waals surface area contributed by atoms with Gasteiger partial charge in [-0.3, -0.25) is 0 Å². The van der Waals surface area contributed by atoms with Crippen LogP contribution in [-0.4, -0.2) is 49.2 Å². The van der Waals surface area contributed by atoms with Crippen molar-refractivity contribution in [1.29, 1.82) is 0 Å². The van der Waals surface area contributed by atoms with Crippen molar-refractivity contribution in [1.82, 2.24) is 14.7 Å². The number of rotatable bonds is 5. The third-order valence-electron chi connectivity index (χ3n) is 2.64. The second kappa shape index (κ2) is 5.57. The molecule has 0 amide bonds. The molecule has 9 heteroatoms. The molecule has 0 saturated carbocycles. The van der Waals surface area contributed by atoms with E-state index < -0.39 is 28.6 Å². The number of aliphatic hydroxyl groups excluding tert-OH is 1. The van der Waals surface area contributed by atoms with Crippen LogP contribution in [0.2, 0.25) is 0 Å². The first-order valence-corrected chi connectivity index (χ1v) is 7.11. The zero-order valence-corrected chi connectivity index (χ0v) is 11.3. The standard InChI is InChI=1S/C11H13N3O5S/c1-19-11(16)8(15)5-14-20(17,18)9-6-13-10-7(9)3-2-4-12-10/h2-4,6,8,14-15H,5H2,1H3,(H,12,13). The first kappa shape index (κ1) is 14.4. The molecule has 0 aliphatic carbocycles. The number of hydrogen-bond acceptors (Lipinski definition) is 6. The van der Waals surface area contributed by atoms with Crippen molar-refractivity contribution in [2.24, 2.45) is 0 Å². The van der Waals surface area contributed by atoms with E-state index in [1.54, 1.807) is 12.1 Å². The van der Waals surface area contributed by atoms with E-state index in [1.165, 1.54) is 12.4 Å². The number of sulfonamides is 1. The zero-order valence-electron chi connectivity index (χ0n) is 10.5. The second-order valence-corrected chi connectivity index (χ2v) is 5.68. The fourth-order valence-corrected chi connectivity index (χ4v) is 2.84. The highest BCUT2D eigenvalue weighted by molar-refractivity contribution is 7.89. The average Bonchev–Trinajstić information content (AvgIpc) is 2.88. The molecule has 2 aromatic heterocycles. The highest BCUT2D eigenvalue weighted by atomic mass is 32.2. The molecule has 0 aliphatic heterocycles. The highest BCUT2D eigenvalue weighted by Gasteiger charge is 2.23. The number of nitrogens with one attached hydrogen (secondary N) is 2. The van der Waals surface area contributed by atoms with Crippen LogP contribution in [0.4, 0.5) is 0 Å². The molecule has 0 aromatic carbocycles. The molecule has 0 spiro atoms. The van der Waals surface area contributed by atoms with Crippen LogP contribution >= 0.6 is 0 Å². The first-order chi connectivity index (χ1) is 9.45. The monoisotopic (exact) mass is 299 g/mol. The van der Waals surface area contributed by atoms with Crippen molar-refractivity contribution >= 4 is 27.0 Å². The minimum atomic E-state index is -3.87. The fraction of sp³-hybridized carbons (Fsp3) is 0.273. The Labute approximate surface area is 114 Å². The summed E-state index contributed by atoms with van der Waals surface area (Å²) in [7, 11) is -2.77. The minimum Gasteiger partial charge on any atom is -0.467 e. The van der Waals surface area contributed by atoms with Gasteiger partial charge < -0.3 is 14.8 Å². The van der Waals surface area contributed by atoms with E-state index in [1.807, 2.05) is 0 Å². The van der Waals surface area contributed by atoms with Gasteiger partial charge >= 0.3 is 5.97 Å². The van der Waals surface area contributed by atoms with E-state index in [0.717, 1.165) is 7.11 Å². The van der Waals surface area contributed by atoms with Crippen molar-refractivity contribution in [3.8, 4) is 0 Å². The summed E-state index contributed by atoms with van der Waals surface area (Å²) in [5, 5.41) is 9.79. The summed E-state index contributed by atoms with van der Waals surface area (Å²) in [6, 6.07) is 3.21. The van der Waals surface area contributed by atoms with Gasteiger partial charge in [0, 0.05) is 24.3 Å². The van der Waals surface area contributed by atoms with Gasteiger partial charge in [-0.2, -0.15) is 0 Å². The van der Waals surface area contributed by atoms with Gasteiger partial charge in [0.15, 0.2) is 6.10 Å². The molecule has 2 heterocycles.